The van der Waals surface area contributed by atoms with Crippen LogP contribution < -0.4 is 26.2 Å². The van der Waals surface area contributed by atoms with Gasteiger partial charge in [0, 0.05) is 17.8 Å². The van der Waals surface area contributed by atoms with Gasteiger partial charge in [0.2, 0.25) is 6.41 Å². The molecule has 0 saturated carbocycles. The van der Waals surface area contributed by atoms with Crippen LogP contribution in [0.2, 0.25) is 5.02 Å². The normalized spacial score (nSPS) is 10.3. The van der Waals surface area contributed by atoms with Crippen LogP contribution in [0.5, 0.6) is 5.75 Å². The molecule has 0 heterocycles. The molecule has 0 saturated heterocycles. The van der Waals surface area contributed by atoms with Gasteiger partial charge >= 0.3 is 0 Å². The molecule has 6 nitrogen and oxygen atoms in total. The molecule has 0 radical (unpaired) electrons. The summed E-state index contributed by atoms with van der Waals surface area (Å²) < 4.78 is 5.48. The first kappa shape index (κ1) is 18.4. The Balaban J connectivity index is 2.20. The summed E-state index contributed by atoms with van der Waals surface area (Å²) in [6.07, 6.45) is 0.541. The molecule has 24 heavy (non-hydrogen) atoms. The minimum absolute atomic E-state index is 0.541. The summed E-state index contributed by atoms with van der Waals surface area (Å²) in [6, 6.07) is 13.5. The largest absolute Gasteiger partial charge is 0.496 e. The summed E-state index contributed by atoms with van der Waals surface area (Å²) in [4.78, 5) is 11.3. The van der Waals surface area contributed by atoms with Crippen LogP contribution in [0, 0.1) is 0 Å². The van der Waals surface area contributed by atoms with E-state index in [9.17, 15) is 4.79 Å². The highest BCUT2D eigenvalue weighted by atomic mass is 35.5. The summed E-state index contributed by atoms with van der Waals surface area (Å²) in [6.45, 7) is 0. The van der Waals surface area contributed by atoms with E-state index in [1.165, 1.54) is 0 Å². The van der Waals surface area contributed by atoms with E-state index < -0.39 is 0 Å². The van der Waals surface area contributed by atoms with E-state index in [4.69, 9.17) is 16.3 Å². The summed E-state index contributed by atoms with van der Waals surface area (Å²) in [5.41, 5.74) is 9.69. The van der Waals surface area contributed by atoms with Gasteiger partial charge in [-0.1, -0.05) is 35.9 Å². The van der Waals surface area contributed by atoms with Crippen molar-refractivity contribution in [1.82, 2.24) is 16.5 Å². The van der Waals surface area contributed by atoms with Gasteiger partial charge < -0.3 is 4.74 Å². The molecule has 0 fully saturated rings. The van der Waals surface area contributed by atoms with E-state index in [0.29, 0.717) is 12.2 Å². The summed E-state index contributed by atoms with van der Waals surface area (Å²) >= 11 is 7.86. The molecule has 2 aromatic carbocycles. The maximum Gasteiger partial charge on any atom is 0.222 e. The smallest absolute Gasteiger partial charge is 0.222 e. The van der Waals surface area contributed by atoms with Gasteiger partial charge in [-0.15, -0.1) is 11.8 Å². The van der Waals surface area contributed by atoms with Gasteiger partial charge in [-0.2, -0.15) is 11.1 Å². The van der Waals surface area contributed by atoms with Crippen LogP contribution in [0.15, 0.2) is 47.4 Å². The number of hydrogen-bond donors (Lipinski definition) is 3. The van der Waals surface area contributed by atoms with Crippen molar-refractivity contribution < 1.29 is 9.53 Å². The molecule has 0 aromatic heterocycles. The molecule has 0 spiro atoms. The first-order valence-corrected chi connectivity index (χ1v) is 8.50. The number of hydrogen-bond acceptors (Lipinski definition) is 6. The van der Waals surface area contributed by atoms with Gasteiger partial charge in [0.25, 0.3) is 0 Å². The van der Waals surface area contributed by atoms with Crippen molar-refractivity contribution >= 4 is 35.5 Å². The van der Waals surface area contributed by atoms with E-state index in [0.717, 1.165) is 26.9 Å². The topological polar surface area (TPSA) is 65.6 Å². The van der Waals surface area contributed by atoms with Gasteiger partial charge in [0.15, 0.2) is 0 Å². The van der Waals surface area contributed by atoms with Crippen molar-refractivity contribution in [2.24, 2.45) is 0 Å². The third kappa shape index (κ3) is 4.78. The second kappa shape index (κ2) is 9.39. The minimum atomic E-state index is 0.541. The van der Waals surface area contributed by atoms with Gasteiger partial charge in [-0.3, -0.25) is 15.2 Å². The highest BCUT2D eigenvalue weighted by Gasteiger charge is 2.14. The lowest BCUT2D eigenvalue weighted by Crippen LogP contribution is -2.51. The van der Waals surface area contributed by atoms with Gasteiger partial charge in [0.05, 0.1) is 17.7 Å². The maximum absolute atomic E-state index is 10.3. The number of nitrogens with zero attached hydrogens (tertiary/aromatic N) is 1. The van der Waals surface area contributed by atoms with Crippen molar-refractivity contribution in [2.45, 2.75) is 10.6 Å². The van der Waals surface area contributed by atoms with Crippen LogP contribution in [-0.2, 0) is 10.5 Å². The quantitative estimate of drug-likeness (QED) is 0.274. The van der Waals surface area contributed by atoms with E-state index in [2.05, 4.69) is 16.5 Å². The lowest BCUT2D eigenvalue weighted by molar-refractivity contribution is -0.110. The Morgan fingerprint density at radius 1 is 1.25 bits per heavy atom. The zero-order valence-corrected chi connectivity index (χ0v) is 14.9. The summed E-state index contributed by atoms with van der Waals surface area (Å²) in [5.74, 6) is 1.47. The Hall–Kier alpha value is -1.93. The fraction of sp³-hybridized carbons (Fsp3) is 0.188. The van der Waals surface area contributed by atoms with Gasteiger partial charge in [0.1, 0.15) is 5.75 Å². The fourth-order valence-corrected chi connectivity index (χ4v) is 3.53. The first-order chi connectivity index (χ1) is 11.7. The molecule has 2 aromatic rings. The molecule has 3 N–H and O–H groups in total. The molecular weight excluding hydrogens is 348 g/mol. The Morgan fingerprint density at radius 2 is 2.04 bits per heavy atom. The lowest BCUT2D eigenvalue weighted by atomic mass is 10.2. The second-order valence-corrected chi connectivity index (χ2v) is 6.14. The zero-order valence-electron chi connectivity index (χ0n) is 13.4. The molecule has 2 rings (SSSR count). The van der Waals surface area contributed by atoms with Crippen LogP contribution in [0.4, 0.5) is 5.69 Å². The SMILES string of the molecule is COc1cccc(N(C)NNNC=O)c1SCc1ccccc1Cl. The number of halogens is 1. The van der Waals surface area contributed by atoms with Crippen LogP contribution in [0.1, 0.15) is 5.56 Å². The monoisotopic (exact) mass is 366 g/mol. The molecule has 0 bridgehead atoms. The Kier molecular flexibility index (Phi) is 7.20. The van der Waals surface area contributed by atoms with E-state index in [1.54, 1.807) is 23.9 Å². The molecule has 0 unspecified atom stereocenters. The first-order valence-electron chi connectivity index (χ1n) is 7.14. The molecule has 0 atom stereocenters. The van der Waals surface area contributed by atoms with Crippen molar-refractivity contribution in [3.8, 4) is 5.75 Å². The third-order valence-corrected chi connectivity index (χ3v) is 4.75. The zero-order chi connectivity index (χ0) is 17.4. The third-order valence-electron chi connectivity index (χ3n) is 3.22. The second-order valence-electron chi connectivity index (χ2n) is 4.75. The predicted molar refractivity (Wildman–Crippen MR) is 97.9 cm³/mol. The average molecular weight is 367 g/mol. The van der Waals surface area contributed by atoms with Crippen molar-refractivity contribution in [2.75, 3.05) is 19.2 Å². The number of carbonyl (C=O) groups excluding carboxylic acids is 1. The number of methoxy groups -OCH3 is 1. The Bertz CT molecular complexity index is 687. The molecule has 8 heteroatoms. The Labute approximate surface area is 150 Å². The number of carbonyl (C=O) groups is 1. The highest BCUT2D eigenvalue weighted by molar-refractivity contribution is 7.98. The minimum Gasteiger partial charge on any atom is -0.496 e. The number of benzene rings is 2. The van der Waals surface area contributed by atoms with E-state index >= 15 is 0 Å². The maximum atomic E-state index is 10.3. The standard InChI is InChI=1S/C16H19ClN4O2S/c1-21(20-19-18-11-22)14-8-5-9-15(23-2)16(14)24-10-12-6-3-4-7-13(12)17/h3-9,11,19-20H,10H2,1-2H3,(H,18,22). The molecule has 0 aliphatic carbocycles. The van der Waals surface area contributed by atoms with Gasteiger partial charge in [-0.25, -0.2) is 0 Å². The number of nitrogens with one attached hydrogen (secondary N) is 3. The van der Waals surface area contributed by atoms with Crippen molar-refractivity contribution in [1.29, 1.82) is 0 Å². The van der Waals surface area contributed by atoms with Crippen molar-refractivity contribution in [3.05, 3.63) is 53.1 Å². The molecule has 128 valence electrons. The Morgan fingerprint density at radius 3 is 2.75 bits per heavy atom. The molecule has 1 amide bonds. The van der Waals surface area contributed by atoms with Crippen LogP contribution >= 0.6 is 23.4 Å². The van der Waals surface area contributed by atoms with Gasteiger partial charge in [-0.05, 0) is 23.8 Å². The number of amides is 1. The van der Waals surface area contributed by atoms with Crippen LogP contribution in [-0.4, -0.2) is 20.6 Å². The fourth-order valence-electron chi connectivity index (χ4n) is 2.05. The highest BCUT2D eigenvalue weighted by Crippen LogP contribution is 2.39. The van der Waals surface area contributed by atoms with Crippen molar-refractivity contribution in [3.63, 3.8) is 0 Å². The number of ether oxygens (including phenoxy) is 1. The van der Waals surface area contributed by atoms with E-state index in [1.807, 2.05) is 49.5 Å². The molecule has 0 aliphatic rings. The number of anilines is 1. The summed E-state index contributed by atoms with van der Waals surface area (Å²) in [7, 11) is 3.46. The molecule has 0 aliphatic heterocycles. The van der Waals surface area contributed by atoms with Crippen LogP contribution in [0.3, 0.4) is 0 Å². The predicted octanol–water partition coefficient (Wildman–Crippen LogP) is 2.75. The lowest BCUT2D eigenvalue weighted by Gasteiger charge is -2.24. The van der Waals surface area contributed by atoms with Crippen LogP contribution in [0.25, 0.3) is 0 Å². The number of rotatable bonds is 9. The molecular formula is C16H19ClN4O2S. The summed E-state index contributed by atoms with van der Waals surface area (Å²) in [5, 5.41) is 2.48. The average Bonchev–Trinajstić information content (AvgIpc) is 2.61. The van der Waals surface area contributed by atoms with E-state index in [-0.39, 0.29) is 0 Å². The number of thioether (sulfide) groups is 1. The number of hydrazine groups is 3.